The van der Waals surface area contributed by atoms with E-state index < -0.39 is 14.5 Å². The molecule has 0 heterocycles. The van der Waals surface area contributed by atoms with Gasteiger partial charge in [0.05, 0.1) is 0 Å². The predicted molar refractivity (Wildman–Crippen MR) is 10.9 cm³/mol. The van der Waals surface area contributed by atoms with Gasteiger partial charge in [-0.3, -0.25) is 0 Å². The summed E-state index contributed by atoms with van der Waals surface area (Å²) in [5.41, 5.74) is 0. The van der Waals surface area contributed by atoms with E-state index in [9.17, 15) is 0 Å². The standard InChI is InChI=1S/H2O3Se.Zr/c1-4(2)3;/h(H2,1,2,3);. The van der Waals surface area contributed by atoms with Crippen LogP contribution in [0, 0.1) is 0 Å². The summed E-state index contributed by atoms with van der Waals surface area (Å²) >= 11 is -3.29. The van der Waals surface area contributed by atoms with Crippen molar-refractivity contribution in [3.8, 4) is 0 Å². The molecule has 0 saturated heterocycles. The van der Waals surface area contributed by atoms with Crippen molar-refractivity contribution in [2.24, 2.45) is 0 Å². The molecule has 30 valence electrons. The Hall–Kier alpha value is 1.12. The molecule has 0 aromatic rings. The van der Waals surface area contributed by atoms with Crippen molar-refractivity contribution < 1.29 is 38.4 Å². The molecule has 0 unspecified atom stereocenters. The molecule has 0 aromatic heterocycles. The van der Waals surface area contributed by atoms with Crippen LogP contribution in [0.15, 0.2) is 0 Å². The van der Waals surface area contributed by atoms with Crippen LogP contribution in [0.2, 0.25) is 0 Å². The topological polar surface area (TPSA) is 57.5 Å². The van der Waals surface area contributed by atoms with Crippen LogP contribution in [-0.2, 0) is 30.0 Å². The van der Waals surface area contributed by atoms with Gasteiger partial charge in [-0.05, 0) is 0 Å². The molecule has 0 amide bonds. The maximum absolute atomic E-state index is 8.76. The van der Waals surface area contributed by atoms with Crippen LogP contribution in [0.25, 0.3) is 0 Å². The molecule has 0 rings (SSSR count). The van der Waals surface area contributed by atoms with E-state index >= 15 is 0 Å². The van der Waals surface area contributed by atoms with Gasteiger partial charge in [-0.1, -0.05) is 0 Å². The fourth-order valence-electron chi connectivity index (χ4n) is 0. The number of rotatable bonds is 0. The SMILES string of the molecule is O=[Se](O)O.[Zr]. The molecule has 0 spiro atoms. The zero-order chi connectivity index (χ0) is 3.58. The van der Waals surface area contributed by atoms with Gasteiger partial charge < -0.3 is 0 Å². The van der Waals surface area contributed by atoms with Gasteiger partial charge in [-0.2, -0.15) is 0 Å². The number of hydrogen-bond acceptors (Lipinski definition) is 1. The zero-order valence-electron chi connectivity index (χ0n) is 2.21. The molecular weight excluding hydrogens is 218 g/mol. The number of hydrogen-bond donors (Lipinski definition) is 2. The van der Waals surface area contributed by atoms with Gasteiger partial charge in [-0.25, -0.2) is 0 Å². The Bertz CT molecular complexity index is 29.9. The molecule has 0 fully saturated rings. The predicted octanol–water partition coefficient (Wildman–Crippen LogP) is -1.62. The van der Waals surface area contributed by atoms with Crippen LogP contribution in [0.4, 0.5) is 0 Å². The summed E-state index contributed by atoms with van der Waals surface area (Å²) in [4.78, 5) is 0. The van der Waals surface area contributed by atoms with E-state index in [1.54, 1.807) is 0 Å². The Kier molecular flexibility index (Phi) is 9.68. The molecule has 5 heavy (non-hydrogen) atoms. The monoisotopic (exact) mass is 220 g/mol. The van der Waals surface area contributed by atoms with Gasteiger partial charge in [0.25, 0.3) is 0 Å². The third kappa shape index (κ3) is 39.6. The summed E-state index contributed by atoms with van der Waals surface area (Å²) in [5.74, 6) is 0. The van der Waals surface area contributed by atoms with E-state index in [-0.39, 0.29) is 26.2 Å². The van der Waals surface area contributed by atoms with Gasteiger partial charge in [-0.15, -0.1) is 0 Å². The molecule has 0 bridgehead atoms. The van der Waals surface area contributed by atoms with Gasteiger partial charge >= 0.3 is 26.7 Å². The summed E-state index contributed by atoms with van der Waals surface area (Å²) in [5, 5.41) is 0. The molecule has 0 aliphatic heterocycles. The summed E-state index contributed by atoms with van der Waals surface area (Å²) < 4.78 is 23.1. The van der Waals surface area contributed by atoms with Crippen molar-refractivity contribution in [3.05, 3.63) is 0 Å². The Morgan fingerprint density at radius 3 is 1.40 bits per heavy atom. The molecule has 0 aliphatic carbocycles. The second-order valence-corrected chi connectivity index (χ2v) is 1.20. The zero-order valence-corrected chi connectivity index (χ0v) is 6.38. The minimum Gasteiger partial charge on any atom is 0 e. The molecule has 5 heteroatoms. The molecule has 0 aromatic carbocycles. The maximum atomic E-state index is 8.76. The Morgan fingerprint density at radius 1 is 1.40 bits per heavy atom. The molecule has 2 N–H and O–H groups in total. The third-order valence-electron chi connectivity index (χ3n) is 0. The quantitative estimate of drug-likeness (QED) is 0.483. The average molecular weight is 220 g/mol. The minimum atomic E-state index is -3.29. The second kappa shape index (κ2) is 5.12. The Balaban J connectivity index is 0. The van der Waals surface area contributed by atoms with Crippen molar-refractivity contribution in [2.45, 2.75) is 0 Å². The van der Waals surface area contributed by atoms with Gasteiger partial charge in [0.2, 0.25) is 0 Å². The van der Waals surface area contributed by atoms with Crippen LogP contribution in [0.1, 0.15) is 0 Å². The largest absolute Gasteiger partial charge is 0 e. The first kappa shape index (κ1) is 9.45. The van der Waals surface area contributed by atoms with E-state index in [2.05, 4.69) is 0 Å². The molecule has 0 saturated carbocycles. The third-order valence-corrected chi connectivity index (χ3v) is 0. The average Bonchev–Trinajstić information content (AvgIpc) is 0.811. The van der Waals surface area contributed by atoms with Crippen molar-refractivity contribution in [2.75, 3.05) is 0 Å². The van der Waals surface area contributed by atoms with Gasteiger partial charge in [0, 0.05) is 26.2 Å². The van der Waals surface area contributed by atoms with Crippen LogP contribution >= 0.6 is 0 Å². The second-order valence-electron chi connectivity index (χ2n) is 0.231. The molecular formula is H2O3SeZr. The van der Waals surface area contributed by atoms with E-state index in [0.29, 0.717) is 0 Å². The van der Waals surface area contributed by atoms with E-state index in [4.69, 9.17) is 12.2 Å². The van der Waals surface area contributed by atoms with E-state index in [1.807, 2.05) is 0 Å². The van der Waals surface area contributed by atoms with Crippen molar-refractivity contribution in [1.82, 2.24) is 0 Å². The fraction of sp³-hybridized carbons (Fsp3) is 0. The fourth-order valence-corrected chi connectivity index (χ4v) is 0. The molecule has 3 nitrogen and oxygen atoms in total. The first-order valence-corrected chi connectivity index (χ1v) is 2.76. The van der Waals surface area contributed by atoms with Crippen molar-refractivity contribution >= 4 is 14.5 Å². The van der Waals surface area contributed by atoms with E-state index in [0.717, 1.165) is 0 Å². The van der Waals surface area contributed by atoms with Gasteiger partial charge in [0.1, 0.15) is 0 Å². The van der Waals surface area contributed by atoms with Crippen LogP contribution in [-0.4, -0.2) is 22.9 Å². The maximum Gasteiger partial charge on any atom is 0 e. The van der Waals surface area contributed by atoms with Crippen molar-refractivity contribution in [1.29, 1.82) is 0 Å². The Labute approximate surface area is 52.9 Å². The summed E-state index contributed by atoms with van der Waals surface area (Å²) in [6, 6.07) is 0. The summed E-state index contributed by atoms with van der Waals surface area (Å²) in [6.45, 7) is 0. The minimum absolute atomic E-state index is 0. The molecule has 0 radical (unpaired) electrons. The van der Waals surface area contributed by atoms with E-state index in [1.165, 1.54) is 0 Å². The van der Waals surface area contributed by atoms with Crippen LogP contribution in [0.3, 0.4) is 0 Å². The Morgan fingerprint density at radius 2 is 1.40 bits per heavy atom. The summed E-state index contributed by atoms with van der Waals surface area (Å²) in [6.07, 6.45) is 0. The normalized spacial score (nSPS) is 7.00. The first-order valence-electron chi connectivity index (χ1n) is 0.532. The van der Waals surface area contributed by atoms with Gasteiger partial charge in [0.15, 0.2) is 0 Å². The molecule has 0 atom stereocenters. The first-order chi connectivity index (χ1) is 1.73. The molecule has 0 aliphatic rings. The van der Waals surface area contributed by atoms with Crippen molar-refractivity contribution in [3.63, 3.8) is 0 Å². The van der Waals surface area contributed by atoms with Crippen LogP contribution < -0.4 is 0 Å². The van der Waals surface area contributed by atoms with Crippen LogP contribution in [0.5, 0.6) is 0 Å². The summed E-state index contributed by atoms with van der Waals surface area (Å²) in [7, 11) is 0. The smallest absolute Gasteiger partial charge is 0 e.